The smallest absolute Gasteiger partial charge is 0.160 e. The van der Waals surface area contributed by atoms with Gasteiger partial charge in [-0.25, -0.2) is 0 Å². The topological polar surface area (TPSA) is 51.5 Å². The fourth-order valence-corrected chi connectivity index (χ4v) is 1.77. The van der Waals surface area contributed by atoms with Gasteiger partial charge in [-0.2, -0.15) is 0 Å². The zero-order chi connectivity index (χ0) is 12.1. The minimum absolute atomic E-state index is 0.357. The van der Waals surface area contributed by atoms with Crippen LogP contribution in [0.5, 0.6) is 0 Å². The highest BCUT2D eigenvalue weighted by Gasteiger charge is 2.08. The summed E-state index contributed by atoms with van der Waals surface area (Å²) in [6.07, 6.45) is 3.01. The number of ether oxygens (including phenoxy) is 1. The normalized spacial score (nSPS) is 13.1. The summed E-state index contributed by atoms with van der Waals surface area (Å²) in [6.45, 7) is 3.55. The van der Waals surface area contributed by atoms with Gasteiger partial charge in [0, 0.05) is 19.3 Å². The predicted molar refractivity (Wildman–Crippen MR) is 65.8 cm³/mol. The minimum Gasteiger partial charge on any atom is -0.383 e. The van der Waals surface area contributed by atoms with Crippen molar-refractivity contribution in [3.05, 3.63) is 30.2 Å². The molecule has 1 unspecified atom stereocenters. The van der Waals surface area contributed by atoms with Gasteiger partial charge in [-0.05, 0) is 18.6 Å². The third-order valence-corrected chi connectivity index (χ3v) is 2.79. The Kier molecular flexibility index (Phi) is 4.06. The lowest BCUT2D eigenvalue weighted by Crippen LogP contribution is -2.32. The maximum Gasteiger partial charge on any atom is 0.160 e. The molecule has 0 aliphatic heterocycles. The minimum atomic E-state index is 0.357. The molecular formula is C12H18N4O. The Labute approximate surface area is 101 Å². The average molecular weight is 234 g/mol. The first-order valence-electron chi connectivity index (χ1n) is 5.86. The lowest BCUT2D eigenvalue weighted by molar-refractivity contribution is 0.163. The fraction of sp³-hybridized carbons (Fsp3) is 0.500. The SMILES string of the molecule is CCC(COC)NCc1nnc2ccccn12. The summed E-state index contributed by atoms with van der Waals surface area (Å²) in [7, 11) is 1.72. The number of nitrogens with one attached hydrogen (secondary N) is 1. The third kappa shape index (κ3) is 2.81. The van der Waals surface area contributed by atoms with Crippen molar-refractivity contribution in [1.82, 2.24) is 19.9 Å². The Balaban J connectivity index is 2.03. The van der Waals surface area contributed by atoms with Crippen LogP contribution in [0.3, 0.4) is 0 Å². The number of nitrogens with zero attached hydrogens (tertiary/aromatic N) is 3. The highest BCUT2D eigenvalue weighted by atomic mass is 16.5. The molecule has 0 amide bonds. The van der Waals surface area contributed by atoms with Crippen LogP contribution in [0.25, 0.3) is 5.65 Å². The van der Waals surface area contributed by atoms with E-state index in [0.717, 1.165) is 17.9 Å². The molecule has 5 nitrogen and oxygen atoms in total. The van der Waals surface area contributed by atoms with Gasteiger partial charge in [0.05, 0.1) is 13.2 Å². The summed E-state index contributed by atoms with van der Waals surface area (Å²) in [5.41, 5.74) is 0.879. The van der Waals surface area contributed by atoms with Gasteiger partial charge >= 0.3 is 0 Å². The summed E-state index contributed by atoms with van der Waals surface area (Å²) in [5.74, 6) is 0.926. The van der Waals surface area contributed by atoms with E-state index >= 15 is 0 Å². The van der Waals surface area contributed by atoms with E-state index < -0.39 is 0 Å². The van der Waals surface area contributed by atoms with Crippen LogP contribution in [0, 0.1) is 0 Å². The number of hydrogen-bond donors (Lipinski definition) is 1. The molecule has 0 fully saturated rings. The third-order valence-electron chi connectivity index (χ3n) is 2.79. The van der Waals surface area contributed by atoms with Crippen molar-refractivity contribution in [1.29, 1.82) is 0 Å². The molecule has 5 heteroatoms. The average Bonchev–Trinajstić information content (AvgIpc) is 2.78. The lowest BCUT2D eigenvalue weighted by atomic mass is 10.2. The first-order valence-corrected chi connectivity index (χ1v) is 5.86. The monoisotopic (exact) mass is 234 g/mol. The molecule has 0 saturated heterocycles. The number of hydrogen-bond acceptors (Lipinski definition) is 4. The Morgan fingerprint density at radius 3 is 3.06 bits per heavy atom. The van der Waals surface area contributed by atoms with Crippen LogP contribution in [0.1, 0.15) is 19.2 Å². The second-order valence-corrected chi connectivity index (χ2v) is 3.99. The van der Waals surface area contributed by atoms with Crippen LogP contribution in [0.2, 0.25) is 0 Å². The van der Waals surface area contributed by atoms with Gasteiger partial charge in [0.15, 0.2) is 11.5 Å². The Morgan fingerprint density at radius 1 is 1.41 bits per heavy atom. The first kappa shape index (κ1) is 12.0. The van der Waals surface area contributed by atoms with Crippen LogP contribution in [-0.4, -0.2) is 34.4 Å². The van der Waals surface area contributed by atoms with Crippen LogP contribution in [0.15, 0.2) is 24.4 Å². The van der Waals surface area contributed by atoms with Gasteiger partial charge < -0.3 is 10.1 Å². The molecule has 2 heterocycles. The summed E-state index contributed by atoms with van der Waals surface area (Å²) in [5, 5.41) is 11.7. The van der Waals surface area contributed by atoms with Crippen molar-refractivity contribution in [3.8, 4) is 0 Å². The zero-order valence-corrected chi connectivity index (χ0v) is 10.3. The standard InChI is InChI=1S/C12H18N4O/c1-3-10(9-17-2)13-8-12-15-14-11-6-4-5-7-16(11)12/h4-7,10,13H,3,8-9H2,1-2H3. The van der Waals surface area contributed by atoms with Gasteiger partial charge in [-0.3, -0.25) is 4.40 Å². The number of methoxy groups -OCH3 is 1. The van der Waals surface area contributed by atoms with Gasteiger partial charge in [0.25, 0.3) is 0 Å². The Hall–Kier alpha value is -1.46. The van der Waals surface area contributed by atoms with Gasteiger partial charge in [0.2, 0.25) is 0 Å². The van der Waals surface area contributed by atoms with E-state index in [2.05, 4.69) is 22.4 Å². The molecule has 0 spiro atoms. The van der Waals surface area contributed by atoms with E-state index in [1.54, 1.807) is 7.11 Å². The summed E-state index contributed by atoms with van der Waals surface area (Å²) < 4.78 is 7.14. The zero-order valence-electron chi connectivity index (χ0n) is 10.3. The van der Waals surface area contributed by atoms with Gasteiger partial charge in [-0.1, -0.05) is 13.0 Å². The molecule has 2 rings (SSSR count). The lowest BCUT2D eigenvalue weighted by Gasteiger charge is -2.14. The molecule has 2 aromatic heterocycles. The maximum absolute atomic E-state index is 5.15. The second kappa shape index (κ2) is 5.75. The molecule has 1 N–H and O–H groups in total. The van der Waals surface area contributed by atoms with E-state index in [9.17, 15) is 0 Å². The van der Waals surface area contributed by atoms with Crippen LogP contribution < -0.4 is 5.32 Å². The van der Waals surface area contributed by atoms with Crippen LogP contribution in [0.4, 0.5) is 0 Å². The molecule has 0 aliphatic rings. The molecule has 0 radical (unpaired) electrons. The van der Waals surface area contributed by atoms with E-state index in [-0.39, 0.29) is 0 Å². The molecule has 0 aromatic carbocycles. The summed E-state index contributed by atoms with van der Waals surface area (Å²) >= 11 is 0. The molecule has 0 bridgehead atoms. The van der Waals surface area contributed by atoms with Gasteiger partial charge in [-0.15, -0.1) is 10.2 Å². The van der Waals surface area contributed by atoms with Crippen LogP contribution in [-0.2, 0) is 11.3 Å². The number of aromatic nitrogens is 3. The molecular weight excluding hydrogens is 216 g/mol. The molecule has 2 aromatic rings. The highest BCUT2D eigenvalue weighted by molar-refractivity contribution is 5.36. The summed E-state index contributed by atoms with van der Waals surface area (Å²) in [4.78, 5) is 0. The van der Waals surface area contributed by atoms with E-state index in [1.165, 1.54) is 0 Å². The number of fused-ring (bicyclic) bond motifs is 1. The van der Waals surface area contributed by atoms with E-state index in [0.29, 0.717) is 19.2 Å². The first-order chi connectivity index (χ1) is 8.35. The second-order valence-electron chi connectivity index (χ2n) is 3.99. The number of rotatable bonds is 6. The molecule has 0 aliphatic carbocycles. The molecule has 17 heavy (non-hydrogen) atoms. The van der Waals surface area contributed by atoms with E-state index in [4.69, 9.17) is 4.74 Å². The highest BCUT2D eigenvalue weighted by Crippen LogP contribution is 2.03. The van der Waals surface area contributed by atoms with Crippen molar-refractivity contribution in [2.24, 2.45) is 0 Å². The number of pyridine rings is 1. The van der Waals surface area contributed by atoms with Crippen molar-refractivity contribution >= 4 is 5.65 Å². The van der Waals surface area contributed by atoms with E-state index in [1.807, 2.05) is 28.8 Å². The largest absolute Gasteiger partial charge is 0.383 e. The van der Waals surface area contributed by atoms with Crippen molar-refractivity contribution in [2.45, 2.75) is 25.9 Å². The molecule has 1 atom stereocenters. The Morgan fingerprint density at radius 2 is 2.29 bits per heavy atom. The van der Waals surface area contributed by atoms with Gasteiger partial charge in [0.1, 0.15) is 0 Å². The Bertz CT molecular complexity index is 468. The van der Waals surface area contributed by atoms with Crippen LogP contribution >= 0.6 is 0 Å². The van der Waals surface area contributed by atoms with Crippen molar-refractivity contribution < 1.29 is 4.74 Å². The fourth-order valence-electron chi connectivity index (χ4n) is 1.77. The quantitative estimate of drug-likeness (QED) is 0.817. The maximum atomic E-state index is 5.15. The summed E-state index contributed by atoms with van der Waals surface area (Å²) in [6, 6.07) is 6.24. The molecule has 92 valence electrons. The van der Waals surface area contributed by atoms with Crippen molar-refractivity contribution in [3.63, 3.8) is 0 Å². The van der Waals surface area contributed by atoms with Crippen molar-refractivity contribution in [2.75, 3.05) is 13.7 Å². The molecule has 0 saturated carbocycles. The predicted octanol–water partition coefficient (Wildman–Crippen LogP) is 1.24.